The Balaban J connectivity index is 2.42. The maximum Gasteiger partial charge on any atom is 0.327 e. The molecule has 1 N–H and O–H groups in total. The van der Waals surface area contributed by atoms with Crippen molar-refractivity contribution in [2.75, 3.05) is 0 Å². The van der Waals surface area contributed by atoms with Gasteiger partial charge in [-0.15, -0.1) is 0 Å². The first kappa shape index (κ1) is 11.5. The highest BCUT2D eigenvalue weighted by atomic mass is 16.2. The summed E-state index contributed by atoms with van der Waals surface area (Å²) in [4.78, 5) is 0. The molecule has 4 aromatic rings. The van der Waals surface area contributed by atoms with Crippen LogP contribution >= 0.6 is 0 Å². The summed E-state index contributed by atoms with van der Waals surface area (Å²) in [6, 6.07) is 22.9. The molecule has 0 heterocycles. The Labute approximate surface area is 117 Å². The number of benzene rings is 4. The van der Waals surface area contributed by atoms with Crippen LogP contribution in [0, 0.1) is 0 Å². The van der Waals surface area contributed by atoms with Gasteiger partial charge in [-0.1, -0.05) is 66.7 Å². The molecule has 0 aliphatic heterocycles. The fourth-order valence-electron chi connectivity index (χ4n) is 3.09. The Morgan fingerprint density at radius 1 is 0.550 bits per heavy atom. The van der Waals surface area contributed by atoms with E-state index in [-0.39, 0.29) is 0 Å². The van der Waals surface area contributed by atoms with Crippen molar-refractivity contribution in [3.05, 3.63) is 66.7 Å². The van der Waals surface area contributed by atoms with E-state index < -0.39 is 0 Å². The molecular formula is C18H12BO. The molecule has 0 bridgehead atoms. The Morgan fingerprint density at radius 2 is 1.00 bits per heavy atom. The molecule has 0 unspecified atom stereocenters. The fourth-order valence-corrected chi connectivity index (χ4v) is 3.09. The zero-order chi connectivity index (χ0) is 13.5. The molecule has 4 rings (SSSR count). The SMILES string of the molecule is O[B]c1cccc2c3ccccc3c3ccccc3c12. The van der Waals surface area contributed by atoms with Crippen LogP contribution in [0.2, 0.25) is 0 Å². The number of rotatable bonds is 1. The summed E-state index contributed by atoms with van der Waals surface area (Å²) in [5.41, 5.74) is 0.865. The van der Waals surface area contributed by atoms with E-state index in [4.69, 9.17) is 0 Å². The molecule has 1 radical (unpaired) electrons. The number of hydrogen-bond acceptors (Lipinski definition) is 1. The van der Waals surface area contributed by atoms with Crippen LogP contribution in [-0.4, -0.2) is 12.5 Å². The van der Waals surface area contributed by atoms with Gasteiger partial charge in [0.05, 0.1) is 0 Å². The topological polar surface area (TPSA) is 20.2 Å². The first-order valence-electron chi connectivity index (χ1n) is 6.70. The maximum atomic E-state index is 9.54. The monoisotopic (exact) mass is 255 g/mol. The van der Waals surface area contributed by atoms with E-state index in [0.29, 0.717) is 0 Å². The van der Waals surface area contributed by atoms with Crippen molar-refractivity contribution in [1.29, 1.82) is 0 Å². The van der Waals surface area contributed by atoms with Gasteiger partial charge in [-0.25, -0.2) is 0 Å². The molecule has 0 amide bonds. The van der Waals surface area contributed by atoms with E-state index in [1.165, 1.54) is 34.4 Å². The lowest BCUT2D eigenvalue weighted by molar-refractivity contribution is 0.616. The summed E-state index contributed by atoms with van der Waals surface area (Å²) < 4.78 is 0. The Kier molecular flexibility index (Phi) is 2.51. The van der Waals surface area contributed by atoms with E-state index >= 15 is 0 Å². The second kappa shape index (κ2) is 4.36. The van der Waals surface area contributed by atoms with Gasteiger partial charge in [0, 0.05) is 0 Å². The molecule has 0 fully saturated rings. The lowest BCUT2D eigenvalue weighted by atomic mass is 9.81. The highest BCUT2D eigenvalue weighted by Crippen LogP contribution is 2.33. The fraction of sp³-hybridized carbons (Fsp3) is 0. The molecule has 0 aromatic heterocycles. The van der Waals surface area contributed by atoms with Gasteiger partial charge in [-0.05, 0) is 37.8 Å². The smallest absolute Gasteiger partial charge is 0.327 e. The highest BCUT2D eigenvalue weighted by molar-refractivity contribution is 6.52. The normalized spacial score (nSPS) is 11.2. The van der Waals surface area contributed by atoms with Crippen LogP contribution in [-0.2, 0) is 0 Å². The number of fused-ring (bicyclic) bond motifs is 6. The first-order valence-corrected chi connectivity index (χ1v) is 6.70. The van der Waals surface area contributed by atoms with Crippen molar-refractivity contribution in [2.24, 2.45) is 0 Å². The summed E-state index contributed by atoms with van der Waals surface area (Å²) in [5.74, 6) is 0. The second-order valence-electron chi connectivity index (χ2n) is 4.99. The van der Waals surface area contributed by atoms with Gasteiger partial charge in [-0.3, -0.25) is 0 Å². The third kappa shape index (κ3) is 1.49. The molecule has 0 aliphatic carbocycles. The minimum absolute atomic E-state index is 0.865. The van der Waals surface area contributed by atoms with Crippen LogP contribution in [0.25, 0.3) is 32.3 Å². The summed E-state index contributed by atoms with van der Waals surface area (Å²) >= 11 is 0. The predicted octanol–water partition coefficient (Wildman–Crippen LogP) is 3.38. The third-order valence-electron chi connectivity index (χ3n) is 3.94. The lowest BCUT2D eigenvalue weighted by Crippen LogP contribution is -2.14. The Bertz CT molecular complexity index is 899. The van der Waals surface area contributed by atoms with E-state index in [9.17, 15) is 5.02 Å². The average Bonchev–Trinajstić information content (AvgIpc) is 2.54. The highest BCUT2D eigenvalue weighted by Gasteiger charge is 2.10. The lowest BCUT2D eigenvalue weighted by Gasteiger charge is -2.12. The molecule has 0 saturated carbocycles. The minimum atomic E-state index is 0.865. The van der Waals surface area contributed by atoms with Crippen LogP contribution in [0.3, 0.4) is 0 Å². The van der Waals surface area contributed by atoms with Gasteiger partial charge in [-0.2, -0.15) is 0 Å². The van der Waals surface area contributed by atoms with Crippen LogP contribution in [0.4, 0.5) is 0 Å². The van der Waals surface area contributed by atoms with Crippen LogP contribution < -0.4 is 5.46 Å². The second-order valence-corrected chi connectivity index (χ2v) is 4.99. The van der Waals surface area contributed by atoms with Crippen molar-refractivity contribution in [1.82, 2.24) is 0 Å². The van der Waals surface area contributed by atoms with Gasteiger partial charge in [0.2, 0.25) is 0 Å². The summed E-state index contributed by atoms with van der Waals surface area (Å²) in [6.07, 6.45) is 0. The van der Waals surface area contributed by atoms with Crippen LogP contribution in [0.5, 0.6) is 0 Å². The first-order chi connectivity index (χ1) is 9.90. The van der Waals surface area contributed by atoms with Crippen LogP contribution in [0.1, 0.15) is 0 Å². The zero-order valence-electron chi connectivity index (χ0n) is 10.9. The average molecular weight is 255 g/mol. The zero-order valence-corrected chi connectivity index (χ0v) is 10.9. The van der Waals surface area contributed by atoms with E-state index in [1.807, 2.05) is 18.2 Å². The van der Waals surface area contributed by atoms with Gasteiger partial charge in [0.1, 0.15) is 0 Å². The van der Waals surface area contributed by atoms with Gasteiger partial charge in [0.15, 0.2) is 0 Å². The van der Waals surface area contributed by atoms with Crippen molar-refractivity contribution in [2.45, 2.75) is 0 Å². The van der Waals surface area contributed by atoms with E-state index in [0.717, 1.165) is 10.8 Å². The standard InChI is InChI=1S/C18H12BO/c20-19-17-11-5-10-16-14-7-2-1-6-12(14)13-8-3-4-9-15(13)18(16)17/h1-11,20H. The molecule has 2 heteroatoms. The summed E-state index contributed by atoms with van der Waals surface area (Å²) in [7, 11) is 1.20. The Hall–Kier alpha value is -2.32. The van der Waals surface area contributed by atoms with Crippen molar-refractivity contribution < 1.29 is 5.02 Å². The predicted molar refractivity (Wildman–Crippen MR) is 86.6 cm³/mol. The van der Waals surface area contributed by atoms with Crippen molar-refractivity contribution in [3.8, 4) is 0 Å². The molecule has 0 atom stereocenters. The molecule has 0 spiro atoms. The number of hydrogen-bond donors (Lipinski definition) is 1. The molecule has 4 aromatic carbocycles. The molecular weight excluding hydrogens is 243 g/mol. The molecule has 0 aliphatic rings. The quantitative estimate of drug-likeness (QED) is 0.408. The van der Waals surface area contributed by atoms with Gasteiger partial charge in [0.25, 0.3) is 0 Å². The summed E-state index contributed by atoms with van der Waals surface area (Å²) in [5, 5.41) is 16.7. The molecule has 20 heavy (non-hydrogen) atoms. The van der Waals surface area contributed by atoms with Crippen molar-refractivity contribution in [3.63, 3.8) is 0 Å². The third-order valence-corrected chi connectivity index (χ3v) is 3.94. The maximum absolute atomic E-state index is 9.54. The Morgan fingerprint density at radius 3 is 1.55 bits per heavy atom. The minimum Gasteiger partial charge on any atom is -0.450 e. The van der Waals surface area contributed by atoms with E-state index in [1.54, 1.807) is 0 Å². The van der Waals surface area contributed by atoms with Gasteiger partial charge >= 0.3 is 7.48 Å². The van der Waals surface area contributed by atoms with Crippen LogP contribution in [0.15, 0.2) is 66.7 Å². The molecule has 0 saturated heterocycles. The molecule has 1 nitrogen and oxygen atoms in total. The summed E-state index contributed by atoms with van der Waals surface area (Å²) in [6.45, 7) is 0. The molecule has 93 valence electrons. The van der Waals surface area contributed by atoms with Gasteiger partial charge < -0.3 is 5.02 Å². The van der Waals surface area contributed by atoms with Crippen molar-refractivity contribution >= 4 is 45.3 Å². The largest absolute Gasteiger partial charge is 0.450 e. The van der Waals surface area contributed by atoms with E-state index in [2.05, 4.69) is 48.5 Å².